The predicted molar refractivity (Wildman–Crippen MR) is 136 cm³/mol. The van der Waals surface area contributed by atoms with Crippen LogP contribution in [0.1, 0.15) is 39.8 Å². The number of aryl methyl sites for hydroxylation is 1. The molecular formula is C27H24ClN3O5. The van der Waals surface area contributed by atoms with Crippen molar-refractivity contribution in [1.82, 2.24) is 9.88 Å². The third kappa shape index (κ3) is 4.43. The van der Waals surface area contributed by atoms with Gasteiger partial charge in [0.25, 0.3) is 11.8 Å². The number of halogens is 1. The summed E-state index contributed by atoms with van der Waals surface area (Å²) in [5.74, 6) is -1.95. The molecule has 2 aromatic carbocycles. The van der Waals surface area contributed by atoms with E-state index in [1.165, 1.54) is 6.08 Å². The molecule has 1 aliphatic heterocycles. The number of ether oxygens (including phenoxy) is 1. The maximum atomic E-state index is 13.3. The molecule has 9 heteroatoms. The number of imide groups is 2. The summed E-state index contributed by atoms with van der Waals surface area (Å²) < 4.78 is 7.01. The fraction of sp³-hybridized carbons (Fsp3) is 0.185. The van der Waals surface area contributed by atoms with Crippen LogP contribution < -0.4 is 10.2 Å². The summed E-state index contributed by atoms with van der Waals surface area (Å²) in [6.45, 7) is 7.42. The molecule has 3 aromatic rings. The number of esters is 1. The number of aromatic nitrogens is 1. The summed E-state index contributed by atoms with van der Waals surface area (Å²) in [5, 5.41) is 2.63. The molecule has 2 heterocycles. The van der Waals surface area contributed by atoms with E-state index in [9.17, 15) is 19.2 Å². The number of amides is 4. The zero-order chi connectivity index (χ0) is 26.1. The van der Waals surface area contributed by atoms with Gasteiger partial charge in [0.15, 0.2) is 0 Å². The number of benzene rings is 2. The summed E-state index contributed by atoms with van der Waals surface area (Å²) in [6, 6.07) is 12.9. The fourth-order valence-electron chi connectivity index (χ4n) is 4.19. The molecule has 184 valence electrons. The largest absolute Gasteiger partial charge is 0.462 e. The standard InChI is InChI=1S/C27H24ClN3O5/c1-5-36-26(34)18-8-6-9-20(13-18)30-15(2)12-19(17(30)4)14-21-24(32)29-27(35)31(25(21)33)23-11-7-10-22(28)16(23)3/h6-14H,5H2,1-4H3,(H,29,32,35)/b21-14+. The molecular weight excluding hydrogens is 482 g/mol. The van der Waals surface area contributed by atoms with Gasteiger partial charge in [-0.1, -0.05) is 23.7 Å². The molecule has 36 heavy (non-hydrogen) atoms. The van der Waals surface area contributed by atoms with E-state index >= 15 is 0 Å². The molecule has 1 aliphatic rings. The van der Waals surface area contributed by atoms with Crippen LogP contribution in [0.25, 0.3) is 11.8 Å². The monoisotopic (exact) mass is 505 g/mol. The molecule has 0 aliphatic carbocycles. The Morgan fingerprint density at radius 3 is 2.50 bits per heavy atom. The van der Waals surface area contributed by atoms with Crippen molar-refractivity contribution < 1.29 is 23.9 Å². The highest BCUT2D eigenvalue weighted by Gasteiger charge is 2.37. The van der Waals surface area contributed by atoms with Crippen molar-refractivity contribution in [2.45, 2.75) is 27.7 Å². The Labute approximate surface area is 213 Å². The Morgan fingerprint density at radius 1 is 1.06 bits per heavy atom. The van der Waals surface area contributed by atoms with Gasteiger partial charge < -0.3 is 9.30 Å². The number of anilines is 1. The van der Waals surface area contributed by atoms with Crippen LogP contribution in [-0.4, -0.2) is 35.0 Å². The Morgan fingerprint density at radius 2 is 1.78 bits per heavy atom. The number of urea groups is 1. The summed E-state index contributed by atoms with van der Waals surface area (Å²) >= 11 is 6.19. The van der Waals surface area contributed by atoms with Crippen molar-refractivity contribution in [1.29, 1.82) is 0 Å². The maximum absolute atomic E-state index is 13.3. The molecule has 1 aromatic heterocycles. The number of carbonyl (C=O) groups is 4. The van der Waals surface area contributed by atoms with Gasteiger partial charge in [-0.3, -0.25) is 14.9 Å². The quantitative estimate of drug-likeness (QED) is 0.302. The second-order valence-corrected chi connectivity index (χ2v) is 8.68. The van der Waals surface area contributed by atoms with Crippen molar-refractivity contribution in [2.75, 3.05) is 11.5 Å². The van der Waals surface area contributed by atoms with E-state index in [1.807, 2.05) is 30.5 Å². The van der Waals surface area contributed by atoms with Gasteiger partial charge in [0, 0.05) is 22.1 Å². The van der Waals surface area contributed by atoms with Gasteiger partial charge in [0.1, 0.15) is 5.57 Å². The van der Waals surface area contributed by atoms with Gasteiger partial charge in [-0.15, -0.1) is 0 Å². The van der Waals surface area contributed by atoms with Crippen LogP contribution in [0.15, 0.2) is 54.1 Å². The third-order valence-corrected chi connectivity index (χ3v) is 6.38. The lowest BCUT2D eigenvalue weighted by molar-refractivity contribution is -0.122. The van der Waals surface area contributed by atoms with E-state index in [2.05, 4.69) is 5.32 Å². The SMILES string of the molecule is CCOC(=O)c1cccc(-n2c(C)cc(/C=C3\C(=O)NC(=O)N(c4cccc(Cl)c4C)C3=O)c2C)c1. The van der Waals surface area contributed by atoms with Crippen molar-refractivity contribution in [2.24, 2.45) is 0 Å². The fourth-order valence-corrected chi connectivity index (χ4v) is 4.36. The Bertz CT molecular complexity index is 1450. The van der Waals surface area contributed by atoms with Gasteiger partial charge in [-0.2, -0.15) is 0 Å². The topological polar surface area (TPSA) is 97.7 Å². The van der Waals surface area contributed by atoms with E-state index in [-0.39, 0.29) is 12.2 Å². The van der Waals surface area contributed by atoms with Gasteiger partial charge in [-0.25, -0.2) is 14.5 Å². The lowest BCUT2D eigenvalue weighted by atomic mass is 10.1. The summed E-state index contributed by atoms with van der Waals surface area (Å²) in [7, 11) is 0. The first-order valence-corrected chi connectivity index (χ1v) is 11.6. The second-order valence-electron chi connectivity index (χ2n) is 8.27. The van der Waals surface area contributed by atoms with E-state index in [1.54, 1.807) is 50.2 Å². The lowest BCUT2D eigenvalue weighted by Crippen LogP contribution is -2.54. The predicted octanol–water partition coefficient (Wildman–Crippen LogP) is 4.90. The van der Waals surface area contributed by atoms with Gasteiger partial charge in [0.2, 0.25) is 0 Å². The molecule has 0 bridgehead atoms. The molecule has 1 fully saturated rings. The minimum Gasteiger partial charge on any atom is -0.462 e. The number of hydrogen-bond donors (Lipinski definition) is 1. The molecule has 8 nitrogen and oxygen atoms in total. The lowest BCUT2D eigenvalue weighted by Gasteiger charge is -2.27. The molecule has 0 radical (unpaired) electrons. The zero-order valence-corrected chi connectivity index (χ0v) is 21.0. The molecule has 0 atom stereocenters. The van der Waals surface area contributed by atoms with Crippen LogP contribution in [0.3, 0.4) is 0 Å². The number of hydrogen-bond acceptors (Lipinski definition) is 5. The number of carbonyl (C=O) groups excluding carboxylic acids is 4. The number of nitrogens with zero attached hydrogens (tertiary/aromatic N) is 2. The molecule has 4 rings (SSSR count). The first-order valence-electron chi connectivity index (χ1n) is 11.3. The zero-order valence-electron chi connectivity index (χ0n) is 20.2. The van der Waals surface area contributed by atoms with Crippen LogP contribution in [0, 0.1) is 20.8 Å². The summed E-state index contributed by atoms with van der Waals surface area (Å²) in [6.07, 6.45) is 1.46. The van der Waals surface area contributed by atoms with Gasteiger partial charge in [-0.05, 0) is 81.3 Å². The van der Waals surface area contributed by atoms with Gasteiger partial charge >= 0.3 is 12.0 Å². The van der Waals surface area contributed by atoms with Crippen molar-refractivity contribution in [3.63, 3.8) is 0 Å². The average Bonchev–Trinajstić information content (AvgIpc) is 3.12. The van der Waals surface area contributed by atoms with Crippen LogP contribution in [0.2, 0.25) is 5.02 Å². The Hall–Kier alpha value is -4.17. The Balaban J connectivity index is 1.75. The van der Waals surface area contributed by atoms with E-state index in [4.69, 9.17) is 16.3 Å². The minimum atomic E-state index is -0.839. The van der Waals surface area contributed by atoms with E-state index < -0.39 is 23.8 Å². The normalized spacial score (nSPS) is 14.9. The summed E-state index contributed by atoms with van der Waals surface area (Å²) in [5.41, 5.74) is 3.96. The molecule has 1 saturated heterocycles. The third-order valence-electron chi connectivity index (χ3n) is 5.97. The minimum absolute atomic E-state index is 0.186. The number of nitrogens with one attached hydrogen (secondary N) is 1. The maximum Gasteiger partial charge on any atom is 0.338 e. The van der Waals surface area contributed by atoms with Crippen molar-refractivity contribution in [3.8, 4) is 5.69 Å². The highest BCUT2D eigenvalue weighted by atomic mass is 35.5. The molecule has 0 saturated carbocycles. The molecule has 4 amide bonds. The van der Waals surface area contributed by atoms with Crippen molar-refractivity contribution >= 4 is 47.2 Å². The number of barbiturate groups is 1. The smallest absolute Gasteiger partial charge is 0.338 e. The first kappa shape index (κ1) is 24.9. The van der Waals surface area contributed by atoms with Crippen LogP contribution in [0.5, 0.6) is 0 Å². The highest BCUT2D eigenvalue weighted by Crippen LogP contribution is 2.30. The molecule has 0 spiro atoms. The average molecular weight is 506 g/mol. The van der Waals surface area contributed by atoms with Gasteiger partial charge in [0.05, 0.1) is 17.9 Å². The van der Waals surface area contributed by atoms with Crippen molar-refractivity contribution in [3.05, 3.63) is 87.2 Å². The number of rotatable bonds is 5. The Kier molecular flexibility index (Phi) is 6.81. The van der Waals surface area contributed by atoms with Crippen LogP contribution >= 0.6 is 11.6 Å². The highest BCUT2D eigenvalue weighted by molar-refractivity contribution is 6.40. The van der Waals surface area contributed by atoms with Crippen LogP contribution in [0.4, 0.5) is 10.5 Å². The van der Waals surface area contributed by atoms with Crippen LogP contribution in [-0.2, 0) is 14.3 Å². The van der Waals surface area contributed by atoms with E-state index in [0.29, 0.717) is 27.4 Å². The summed E-state index contributed by atoms with van der Waals surface area (Å²) in [4.78, 5) is 51.7. The second kappa shape index (κ2) is 9.83. The first-order chi connectivity index (χ1) is 17.1. The van der Waals surface area contributed by atoms with E-state index in [0.717, 1.165) is 22.0 Å². The molecule has 1 N–H and O–H groups in total. The molecule has 0 unspecified atom stereocenters.